The lowest BCUT2D eigenvalue weighted by molar-refractivity contribution is 0.590. The first kappa shape index (κ1) is 86.9. The first-order chi connectivity index (χ1) is 65.7. The first-order valence-electron chi connectivity index (χ1n) is 48.1. The molecule has 7 aromatic heterocycles. The van der Waals surface area contributed by atoms with E-state index < -0.39 is 0 Å². The third kappa shape index (κ3) is 15.3. The van der Waals surface area contributed by atoms with Crippen LogP contribution < -0.4 is 0 Å². The van der Waals surface area contributed by atoms with E-state index in [9.17, 15) is 0 Å². The van der Waals surface area contributed by atoms with Crippen molar-refractivity contribution in [1.29, 1.82) is 0 Å². The van der Waals surface area contributed by atoms with E-state index >= 15 is 0 Å². The van der Waals surface area contributed by atoms with E-state index in [1.165, 1.54) is 71.1 Å². The van der Waals surface area contributed by atoms with Crippen LogP contribution in [0.2, 0.25) is 0 Å². The predicted octanol–water partition coefficient (Wildman–Crippen LogP) is 33.0. The number of hydrogen-bond acceptors (Lipinski definition) is 6. The van der Waals surface area contributed by atoms with Gasteiger partial charge in [0.1, 0.15) is 0 Å². The van der Waals surface area contributed by atoms with E-state index in [4.69, 9.17) is 29.9 Å². The van der Waals surface area contributed by atoms with Crippen LogP contribution in [0.3, 0.4) is 0 Å². The fraction of sp³-hybridized carbons (Fsp3) is 0.190. The Balaban J connectivity index is 0.000000166. The Kier molecular flexibility index (Phi) is 20.7. The van der Waals surface area contributed by atoms with Crippen LogP contribution in [0, 0.1) is 0 Å². The molecule has 16 aromatic carbocycles. The van der Waals surface area contributed by atoms with Crippen LogP contribution in [0.4, 0.5) is 0 Å². The highest BCUT2D eigenvalue weighted by Gasteiger charge is 2.35. The molecule has 11 nitrogen and oxygen atoms in total. The molecule has 0 aliphatic carbocycles. The Labute approximate surface area is 801 Å². The standard InChI is InChI=1S/C73H68N6.C53H45N5/c1-70(2,3)47-32-36-59-53(40-47)54-41-48(71(4,5)6)33-37-60(54)78(59)63-44-57-52-30-22-23-31-58(52)77(51-28-20-15-21-29-51)65(57)66(64(63)69-75-67(45-24-16-13-17-25-45)74-68(76-69)46-26-18-14-19-27-46)79-61-38-34-49(72(7,8)9)42-55(61)56-43-50(73(10,11)12)35-39-62(56)79;1-52(2,3)36-26-28-45-40(30-36)41-31-37(53(4,5)6)27-29-46(41)58(45)48-33-47-42(39-24-16-17-25-44(39)57(47)38-22-14-9-15-23-38)32-43(48)51-55-49(34-18-10-7-11-19-34)54-50(56-51)35-20-12-8-13-21-35/h13-44H,1-12H3;7-33H,1-6H3. The molecule has 11 heteroatoms. The molecule has 0 saturated carbocycles. The molecular formula is C126H113N11. The van der Waals surface area contributed by atoms with E-state index in [1.54, 1.807) is 0 Å². The van der Waals surface area contributed by atoms with Gasteiger partial charge < -0.3 is 22.8 Å². The molecule has 0 N–H and O–H groups in total. The van der Waals surface area contributed by atoms with Gasteiger partial charge in [-0.1, -0.05) is 355 Å². The molecule has 0 saturated heterocycles. The van der Waals surface area contributed by atoms with Crippen molar-refractivity contribution in [2.75, 3.05) is 0 Å². The summed E-state index contributed by atoms with van der Waals surface area (Å²) < 4.78 is 12.4. The number of benzene rings is 16. The van der Waals surface area contributed by atoms with Crippen LogP contribution in [0.1, 0.15) is 158 Å². The van der Waals surface area contributed by atoms with Crippen LogP contribution in [0.15, 0.2) is 358 Å². The average Bonchev–Trinajstić information content (AvgIpc) is 1.54. The van der Waals surface area contributed by atoms with Crippen molar-refractivity contribution in [2.24, 2.45) is 0 Å². The van der Waals surface area contributed by atoms with Crippen molar-refractivity contribution < 1.29 is 0 Å². The largest absolute Gasteiger partial charge is 0.309 e. The van der Waals surface area contributed by atoms with Gasteiger partial charge in [-0.2, -0.15) is 0 Å². The zero-order valence-corrected chi connectivity index (χ0v) is 81.5. The molecule has 0 aliphatic rings. The molecular weight excluding hydrogens is 1670 g/mol. The number of aromatic nitrogens is 11. The van der Waals surface area contributed by atoms with E-state index in [0.717, 1.165) is 133 Å². The van der Waals surface area contributed by atoms with E-state index in [0.29, 0.717) is 34.9 Å². The highest BCUT2D eigenvalue weighted by atomic mass is 15.1. The maximum Gasteiger partial charge on any atom is 0.168 e. The third-order valence-corrected chi connectivity index (χ3v) is 27.8. The molecule has 0 spiro atoms. The lowest BCUT2D eigenvalue weighted by atomic mass is 9.85. The van der Waals surface area contributed by atoms with Gasteiger partial charge in [-0.15, -0.1) is 0 Å². The van der Waals surface area contributed by atoms with Crippen LogP contribution >= 0.6 is 0 Å². The monoisotopic (exact) mass is 1780 g/mol. The van der Waals surface area contributed by atoms with Gasteiger partial charge in [-0.3, -0.25) is 0 Å². The van der Waals surface area contributed by atoms with Gasteiger partial charge in [-0.25, -0.2) is 29.9 Å². The molecule has 0 amide bonds. The van der Waals surface area contributed by atoms with Crippen molar-refractivity contribution in [3.8, 4) is 96.8 Å². The lowest BCUT2D eigenvalue weighted by Gasteiger charge is -2.23. The van der Waals surface area contributed by atoms with Crippen molar-refractivity contribution in [1.82, 2.24) is 52.7 Å². The second-order valence-corrected chi connectivity index (χ2v) is 43.3. The zero-order valence-electron chi connectivity index (χ0n) is 81.5. The summed E-state index contributed by atoms with van der Waals surface area (Å²) in [5.41, 5.74) is 29.1. The van der Waals surface area contributed by atoms with Gasteiger partial charge >= 0.3 is 0 Å². The highest BCUT2D eigenvalue weighted by molar-refractivity contribution is 6.21. The Morgan fingerprint density at radius 2 is 0.431 bits per heavy atom. The minimum atomic E-state index is -0.0921. The van der Waals surface area contributed by atoms with Crippen molar-refractivity contribution >= 4 is 109 Å². The second-order valence-electron chi connectivity index (χ2n) is 43.3. The number of nitrogens with zero attached hydrogens (tertiary/aromatic N) is 11. The van der Waals surface area contributed by atoms with Gasteiger partial charge in [0.2, 0.25) is 0 Å². The molecule has 0 bridgehead atoms. The van der Waals surface area contributed by atoms with Gasteiger partial charge in [0.25, 0.3) is 0 Å². The summed E-state index contributed by atoms with van der Waals surface area (Å²) in [6.45, 7) is 41.5. The Morgan fingerprint density at radius 3 is 0.766 bits per heavy atom. The summed E-state index contributed by atoms with van der Waals surface area (Å²) in [4.78, 5) is 32.6. The molecule has 672 valence electrons. The normalized spacial score (nSPS) is 12.6. The summed E-state index contributed by atoms with van der Waals surface area (Å²) >= 11 is 0. The number of fused-ring (bicyclic) bond motifs is 15. The Morgan fingerprint density at radius 1 is 0.175 bits per heavy atom. The Bertz CT molecular complexity index is 8380. The minimum Gasteiger partial charge on any atom is -0.309 e. The first-order valence-corrected chi connectivity index (χ1v) is 48.1. The summed E-state index contributed by atoms with van der Waals surface area (Å²) in [7, 11) is 0. The fourth-order valence-electron chi connectivity index (χ4n) is 20.3. The van der Waals surface area contributed by atoms with Crippen molar-refractivity contribution in [2.45, 2.75) is 157 Å². The molecule has 0 aliphatic heterocycles. The van der Waals surface area contributed by atoms with Crippen LogP contribution in [0.5, 0.6) is 0 Å². The highest BCUT2D eigenvalue weighted by Crippen LogP contribution is 2.52. The summed E-state index contributed by atoms with van der Waals surface area (Å²) in [5, 5.41) is 11.8. The molecule has 0 fully saturated rings. The topological polar surface area (TPSA) is 102 Å². The van der Waals surface area contributed by atoms with Crippen LogP contribution in [-0.2, 0) is 32.5 Å². The molecule has 0 unspecified atom stereocenters. The van der Waals surface area contributed by atoms with Crippen molar-refractivity contribution in [3.05, 3.63) is 391 Å². The minimum absolute atomic E-state index is 0.0164. The number of rotatable bonds is 11. The average molecular weight is 1780 g/mol. The van der Waals surface area contributed by atoms with Crippen molar-refractivity contribution in [3.63, 3.8) is 0 Å². The van der Waals surface area contributed by atoms with E-state index in [2.05, 4.69) is 457 Å². The van der Waals surface area contributed by atoms with Gasteiger partial charge in [0.05, 0.1) is 77.8 Å². The summed E-state index contributed by atoms with van der Waals surface area (Å²) in [6, 6.07) is 130. The maximum absolute atomic E-state index is 5.75. The van der Waals surface area contributed by atoms with Gasteiger partial charge in [-0.05, 0) is 193 Å². The van der Waals surface area contributed by atoms with Crippen LogP contribution in [-0.4, -0.2) is 52.7 Å². The Hall–Kier alpha value is -15.5. The zero-order chi connectivity index (χ0) is 94.7. The smallest absolute Gasteiger partial charge is 0.168 e. The van der Waals surface area contributed by atoms with Gasteiger partial charge in [0.15, 0.2) is 34.9 Å². The van der Waals surface area contributed by atoms with Gasteiger partial charge in [0, 0.05) is 93.1 Å². The fourth-order valence-corrected chi connectivity index (χ4v) is 20.3. The number of para-hydroxylation sites is 4. The second kappa shape index (κ2) is 32.7. The molecule has 7 heterocycles. The quantitative estimate of drug-likeness (QED) is 0.128. The molecule has 23 rings (SSSR count). The summed E-state index contributed by atoms with van der Waals surface area (Å²) in [5.74, 6) is 3.66. The third-order valence-electron chi connectivity index (χ3n) is 27.8. The van der Waals surface area contributed by atoms with Crippen LogP contribution in [0.25, 0.3) is 206 Å². The summed E-state index contributed by atoms with van der Waals surface area (Å²) in [6.07, 6.45) is 0. The molecule has 0 radical (unpaired) electrons. The lowest BCUT2D eigenvalue weighted by Crippen LogP contribution is -2.12. The molecule has 137 heavy (non-hydrogen) atoms. The van der Waals surface area contributed by atoms with E-state index in [-0.39, 0.29) is 32.5 Å². The molecule has 0 atom stereocenters. The molecule has 23 aromatic rings. The maximum atomic E-state index is 5.75. The SMILES string of the molecule is CC(C)(C)c1ccc2c(c1)c1cc(C(C)(C)C)ccc1n2-c1cc2c(cc1-c1nc(-c3ccccc3)nc(-c3ccccc3)n1)c1ccccc1n2-c1ccccc1.CC(C)(C)c1ccc2c(c1)c1cc(C(C)(C)C)ccc1n2-c1cc2c3ccccc3n(-c3ccccc3)c2c(-n2c3ccc(C(C)(C)C)cc3c3cc(C(C)(C)C)ccc32)c1-c1nc(-c2ccccc2)nc(-c2ccccc2)n1. The van der Waals surface area contributed by atoms with E-state index in [1.807, 2.05) is 48.5 Å². The predicted molar refractivity (Wildman–Crippen MR) is 576 cm³/mol. The number of hydrogen-bond donors (Lipinski definition) is 0.